The van der Waals surface area contributed by atoms with E-state index in [0.29, 0.717) is 46.0 Å². The normalized spacial score (nSPS) is 22.5. The Bertz CT molecular complexity index is 2590. The maximum absolute atomic E-state index is 13.3. The van der Waals surface area contributed by atoms with Gasteiger partial charge in [0, 0.05) is 56.3 Å². The zero-order chi connectivity index (χ0) is 42.3. The SMILES string of the molecule is Cn1c(=O)n(C2CCC(=O)NC2=O)c2cccc(NC3CC4(C3)CN(CC3CCC(c5nc6cc(C(C)(C)O)c(NC(=O)c7cccc(C(F)(F)F)n7)cc6s5)CC3)C4)c21. The number of nitrogens with zero attached hydrogens (tertiary/aromatic N) is 5. The number of halogens is 3. The number of hydrogen-bond donors (Lipinski definition) is 4. The third-order valence-electron chi connectivity index (χ3n) is 12.9. The number of piperidine rings is 1. The van der Waals surface area contributed by atoms with Crippen molar-refractivity contribution in [2.75, 3.05) is 30.3 Å². The molecule has 4 fully saturated rings. The van der Waals surface area contributed by atoms with Gasteiger partial charge in [-0.05, 0) is 107 Å². The minimum absolute atomic E-state index is 0.197. The molecule has 9 rings (SSSR count). The van der Waals surface area contributed by atoms with Gasteiger partial charge >= 0.3 is 11.9 Å². The summed E-state index contributed by atoms with van der Waals surface area (Å²) in [6.07, 6.45) is 2.11. The molecule has 1 atom stereocenters. The third-order valence-corrected chi connectivity index (χ3v) is 14.1. The monoisotopic (exact) mass is 844 g/mol. The van der Waals surface area contributed by atoms with Crippen LogP contribution in [0.3, 0.4) is 0 Å². The summed E-state index contributed by atoms with van der Waals surface area (Å²) >= 11 is 1.55. The summed E-state index contributed by atoms with van der Waals surface area (Å²) in [7, 11) is 1.72. The van der Waals surface area contributed by atoms with Crippen LogP contribution in [0.4, 0.5) is 24.5 Å². The Morgan fingerprint density at radius 3 is 2.42 bits per heavy atom. The number of pyridine rings is 1. The van der Waals surface area contributed by atoms with Crippen LogP contribution in [-0.2, 0) is 28.4 Å². The lowest BCUT2D eigenvalue weighted by molar-refractivity contribution is -0.141. The molecule has 1 spiro atoms. The fraction of sp³-hybridized carbons (Fsp3) is 0.488. The number of amides is 3. The fourth-order valence-corrected chi connectivity index (χ4v) is 11.2. The Balaban J connectivity index is 0.786. The first-order chi connectivity index (χ1) is 28.4. The molecule has 1 unspecified atom stereocenters. The van der Waals surface area contributed by atoms with Crippen LogP contribution < -0.4 is 21.6 Å². The molecule has 3 amide bonds. The van der Waals surface area contributed by atoms with Gasteiger partial charge < -0.3 is 20.6 Å². The first-order valence-electron chi connectivity index (χ1n) is 20.5. The van der Waals surface area contributed by atoms with E-state index >= 15 is 0 Å². The Kier molecular flexibility index (Phi) is 9.94. The van der Waals surface area contributed by atoms with Gasteiger partial charge in [0.2, 0.25) is 11.8 Å². The summed E-state index contributed by atoms with van der Waals surface area (Å²) < 4.78 is 43.7. The van der Waals surface area contributed by atoms with Gasteiger partial charge in [0.15, 0.2) is 0 Å². The average molecular weight is 845 g/mol. The highest BCUT2D eigenvalue weighted by molar-refractivity contribution is 7.18. The van der Waals surface area contributed by atoms with Gasteiger partial charge in [-0.3, -0.25) is 28.8 Å². The predicted molar refractivity (Wildman–Crippen MR) is 221 cm³/mol. The van der Waals surface area contributed by atoms with E-state index in [4.69, 9.17) is 4.98 Å². The second-order valence-electron chi connectivity index (χ2n) is 17.8. The number of aliphatic hydroxyl groups is 1. The summed E-state index contributed by atoms with van der Waals surface area (Å²) in [6.45, 7) is 6.38. The van der Waals surface area contributed by atoms with Crippen molar-refractivity contribution in [3.8, 4) is 0 Å². The van der Waals surface area contributed by atoms with E-state index in [0.717, 1.165) is 91.2 Å². The maximum atomic E-state index is 13.3. The number of carbonyl (C=O) groups excluding carboxylic acids is 3. The van der Waals surface area contributed by atoms with Crippen LogP contribution in [0.15, 0.2) is 53.3 Å². The van der Waals surface area contributed by atoms with E-state index in [1.165, 1.54) is 10.6 Å². The molecule has 2 saturated carbocycles. The number of thiazole rings is 1. The molecule has 2 aliphatic heterocycles. The minimum atomic E-state index is -4.69. The van der Waals surface area contributed by atoms with E-state index in [9.17, 15) is 37.5 Å². The Labute approximate surface area is 347 Å². The van der Waals surface area contributed by atoms with E-state index in [-0.39, 0.29) is 29.8 Å². The van der Waals surface area contributed by atoms with E-state index in [2.05, 4.69) is 25.8 Å². The summed E-state index contributed by atoms with van der Waals surface area (Å²) in [5.41, 5.74) is 0.835. The van der Waals surface area contributed by atoms with Crippen molar-refractivity contribution in [3.63, 3.8) is 0 Å². The quantitative estimate of drug-likeness (QED) is 0.119. The smallest absolute Gasteiger partial charge is 0.386 e. The number of likely N-dealkylation sites (tertiary alicyclic amines) is 1. The number of rotatable bonds is 9. The highest BCUT2D eigenvalue weighted by atomic mass is 32.1. The van der Waals surface area contributed by atoms with Crippen LogP contribution in [-0.4, -0.2) is 72.5 Å². The number of benzene rings is 2. The van der Waals surface area contributed by atoms with E-state index in [1.54, 1.807) is 48.9 Å². The Morgan fingerprint density at radius 2 is 1.72 bits per heavy atom. The van der Waals surface area contributed by atoms with Gasteiger partial charge in [-0.15, -0.1) is 11.3 Å². The largest absolute Gasteiger partial charge is 0.433 e. The molecule has 60 heavy (non-hydrogen) atoms. The lowest BCUT2D eigenvalue weighted by atomic mass is 9.60. The summed E-state index contributed by atoms with van der Waals surface area (Å²) in [6, 6.07) is 12.0. The molecule has 4 N–H and O–H groups in total. The molecule has 2 aromatic carbocycles. The summed E-state index contributed by atoms with van der Waals surface area (Å²) in [4.78, 5) is 61.9. The first-order valence-corrected chi connectivity index (χ1v) is 21.3. The zero-order valence-electron chi connectivity index (χ0n) is 33.6. The second-order valence-corrected chi connectivity index (χ2v) is 18.9. The third kappa shape index (κ3) is 7.48. The van der Waals surface area contributed by atoms with Crippen LogP contribution in [0, 0.1) is 11.3 Å². The Morgan fingerprint density at radius 1 is 0.983 bits per heavy atom. The van der Waals surface area contributed by atoms with Crippen molar-refractivity contribution in [1.29, 1.82) is 0 Å². The molecule has 5 heterocycles. The number of alkyl halides is 3. The van der Waals surface area contributed by atoms with Crippen LogP contribution in [0.2, 0.25) is 0 Å². The molecule has 3 aromatic heterocycles. The van der Waals surface area contributed by atoms with Crippen molar-refractivity contribution in [1.82, 2.24) is 29.3 Å². The van der Waals surface area contributed by atoms with Crippen molar-refractivity contribution < 1.29 is 32.7 Å². The van der Waals surface area contributed by atoms with Crippen LogP contribution in [0.1, 0.15) is 104 Å². The number of hydrogen-bond acceptors (Lipinski definition) is 10. The van der Waals surface area contributed by atoms with Crippen molar-refractivity contribution >= 4 is 61.7 Å². The van der Waals surface area contributed by atoms with Gasteiger partial charge in [-0.25, -0.2) is 14.8 Å². The number of nitrogens with one attached hydrogen (secondary N) is 3. The maximum Gasteiger partial charge on any atom is 0.433 e. The lowest BCUT2D eigenvalue weighted by Crippen LogP contribution is -2.65. The van der Waals surface area contributed by atoms with Crippen molar-refractivity contribution in [2.24, 2.45) is 18.4 Å². The summed E-state index contributed by atoms with van der Waals surface area (Å²) in [5, 5.41) is 20.8. The number of imidazole rings is 1. The molecule has 13 nitrogen and oxygen atoms in total. The second kappa shape index (κ2) is 14.8. The summed E-state index contributed by atoms with van der Waals surface area (Å²) in [5.74, 6) is -0.672. The lowest BCUT2D eigenvalue weighted by Gasteiger charge is -2.60. The Hall–Kier alpha value is -5.13. The topological polar surface area (TPSA) is 163 Å². The molecule has 4 aliphatic rings. The zero-order valence-corrected chi connectivity index (χ0v) is 34.4. The van der Waals surface area contributed by atoms with E-state index < -0.39 is 35.3 Å². The van der Waals surface area contributed by atoms with Crippen LogP contribution in [0.5, 0.6) is 0 Å². The molecular formula is C43H47F3N8O5S. The first kappa shape index (κ1) is 40.3. The number of para-hydroxylation sites is 1. The molecular weight excluding hydrogens is 798 g/mol. The minimum Gasteiger partial charge on any atom is -0.386 e. The van der Waals surface area contributed by atoms with Gasteiger partial charge in [0.1, 0.15) is 17.4 Å². The fourth-order valence-electron chi connectivity index (χ4n) is 10.0. The number of carbonyl (C=O) groups is 3. The number of anilines is 2. The number of aryl methyl sites for hydroxylation is 1. The molecule has 17 heteroatoms. The average Bonchev–Trinajstić information content (AvgIpc) is 3.70. The van der Waals surface area contributed by atoms with Gasteiger partial charge in [-0.1, -0.05) is 12.1 Å². The molecule has 0 bridgehead atoms. The van der Waals surface area contributed by atoms with Crippen LogP contribution >= 0.6 is 11.3 Å². The molecule has 316 valence electrons. The van der Waals surface area contributed by atoms with Crippen molar-refractivity contribution in [2.45, 2.75) is 95.0 Å². The van der Waals surface area contributed by atoms with Gasteiger partial charge in [0.25, 0.3) is 5.91 Å². The predicted octanol–water partition coefficient (Wildman–Crippen LogP) is 6.67. The van der Waals surface area contributed by atoms with Crippen molar-refractivity contribution in [3.05, 3.63) is 81.0 Å². The molecule has 5 aromatic rings. The van der Waals surface area contributed by atoms with Crippen LogP contribution in [0.25, 0.3) is 21.3 Å². The molecule has 2 aliphatic carbocycles. The standard InChI is InChI=1S/C43H47F3N8O5S/c1-41(2,59)26-16-30-33(17-29(26)49-37(56)28-7-5-9-34(48-28)43(44,45)46)60-39(50-30)24-12-10-23(11-13-24)20-53-21-42(22-53)18-25(19-42)47-27-6-4-8-31-36(27)52(3)40(58)54(31)32-14-15-35(55)51-38(32)57/h4-9,16-17,23-25,32,47,59H,10-15,18-22H2,1-3H3,(H,49,56)(H,51,55,57). The molecule has 2 saturated heterocycles. The highest BCUT2D eigenvalue weighted by Crippen LogP contribution is 2.50. The highest BCUT2D eigenvalue weighted by Gasteiger charge is 2.52. The number of fused-ring (bicyclic) bond motifs is 2. The van der Waals surface area contributed by atoms with Gasteiger partial charge in [0.05, 0.1) is 37.5 Å². The molecule has 0 radical (unpaired) electrons. The van der Waals surface area contributed by atoms with Gasteiger partial charge in [-0.2, -0.15) is 13.2 Å². The van der Waals surface area contributed by atoms with E-state index in [1.807, 2.05) is 18.2 Å². The number of imide groups is 1. The number of aromatic nitrogens is 4.